The van der Waals surface area contributed by atoms with Crippen LogP contribution in [-0.4, -0.2) is 66.0 Å². The molecule has 0 radical (unpaired) electrons. The molecule has 4 aliphatic heterocycles. The second-order valence-electron chi connectivity index (χ2n) is 8.74. The van der Waals surface area contributed by atoms with Gasteiger partial charge in [-0.05, 0) is 74.1 Å². The van der Waals surface area contributed by atoms with Gasteiger partial charge in [0.05, 0.1) is 18.9 Å². The van der Waals surface area contributed by atoms with Crippen LogP contribution < -0.4 is 4.74 Å². The SMILES string of the molecule is COc1ccc([C@@H]2CN(C(=O)CSCC3CC3)[C@@H]3C4CCN(CC4)[C@@H]32)cc1. The number of carbonyl (C=O) groups excluding carboxylic acids is 1. The van der Waals surface area contributed by atoms with Crippen molar-refractivity contribution in [3.63, 3.8) is 0 Å². The van der Waals surface area contributed by atoms with Gasteiger partial charge in [-0.2, -0.15) is 11.8 Å². The molecule has 4 nitrogen and oxygen atoms in total. The molecule has 146 valence electrons. The van der Waals surface area contributed by atoms with E-state index in [2.05, 4.69) is 34.1 Å². The van der Waals surface area contributed by atoms with Crippen LogP contribution in [0.15, 0.2) is 24.3 Å². The number of thioether (sulfide) groups is 1. The number of likely N-dealkylation sites (tertiary alicyclic amines) is 1. The molecule has 0 unspecified atom stereocenters. The number of methoxy groups -OCH3 is 1. The Balaban J connectivity index is 1.36. The second kappa shape index (κ2) is 7.32. The molecule has 27 heavy (non-hydrogen) atoms. The smallest absolute Gasteiger partial charge is 0.232 e. The number of hydrogen-bond donors (Lipinski definition) is 0. The van der Waals surface area contributed by atoms with Crippen molar-refractivity contribution < 1.29 is 9.53 Å². The van der Waals surface area contributed by atoms with E-state index in [1.165, 1.54) is 50.1 Å². The summed E-state index contributed by atoms with van der Waals surface area (Å²) in [5, 5.41) is 0. The van der Waals surface area contributed by atoms with Crippen LogP contribution in [0.2, 0.25) is 0 Å². The summed E-state index contributed by atoms with van der Waals surface area (Å²) < 4.78 is 5.34. The first-order valence-corrected chi connectivity index (χ1v) is 11.7. The lowest BCUT2D eigenvalue weighted by molar-refractivity contribution is -0.133. The van der Waals surface area contributed by atoms with Crippen molar-refractivity contribution in [2.75, 3.05) is 38.2 Å². The summed E-state index contributed by atoms with van der Waals surface area (Å²) in [6, 6.07) is 9.48. The maximum atomic E-state index is 13.1. The van der Waals surface area contributed by atoms with E-state index in [1.807, 2.05) is 11.8 Å². The number of nitrogens with zero attached hydrogens (tertiary/aromatic N) is 2. The molecule has 1 aromatic rings. The predicted molar refractivity (Wildman–Crippen MR) is 109 cm³/mol. The molecule has 4 saturated heterocycles. The maximum Gasteiger partial charge on any atom is 0.232 e. The Morgan fingerprint density at radius 1 is 1.11 bits per heavy atom. The molecule has 5 heteroatoms. The number of ether oxygens (including phenoxy) is 1. The largest absolute Gasteiger partial charge is 0.497 e. The van der Waals surface area contributed by atoms with Crippen LogP contribution in [0, 0.1) is 11.8 Å². The normalized spacial score (nSPS) is 34.6. The number of hydrogen-bond acceptors (Lipinski definition) is 4. The molecule has 5 aliphatic rings. The minimum Gasteiger partial charge on any atom is -0.497 e. The van der Waals surface area contributed by atoms with Crippen LogP contribution in [0.4, 0.5) is 0 Å². The number of carbonyl (C=O) groups is 1. The number of benzene rings is 1. The first-order valence-electron chi connectivity index (χ1n) is 10.5. The van der Waals surface area contributed by atoms with Crippen LogP contribution in [0.25, 0.3) is 0 Å². The molecule has 1 saturated carbocycles. The van der Waals surface area contributed by atoms with E-state index in [4.69, 9.17) is 4.74 Å². The van der Waals surface area contributed by atoms with Crippen LogP contribution in [0.1, 0.15) is 37.2 Å². The number of piperidine rings is 3. The molecule has 1 aromatic carbocycles. The van der Waals surface area contributed by atoms with Gasteiger partial charge in [0.2, 0.25) is 5.91 Å². The van der Waals surface area contributed by atoms with Gasteiger partial charge in [-0.3, -0.25) is 9.69 Å². The summed E-state index contributed by atoms with van der Waals surface area (Å²) >= 11 is 1.86. The maximum absolute atomic E-state index is 13.1. The first kappa shape index (κ1) is 17.9. The van der Waals surface area contributed by atoms with Crippen molar-refractivity contribution in [2.45, 2.75) is 43.7 Å². The number of amides is 1. The quantitative estimate of drug-likeness (QED) is 0.752. The van der Waals surface area contributed by atoms with E-state index in [0.717, 1.165) is 18.2 Å². The zero-order valence-corrected chi connectivity index (χ0v) is 17.0. The van der Waals surface area contributed by atoms with E-state index >= 15 is 0 Å². The van der Waals surface area contributed by atoms with E-state index in [-0.39, 0.29) is 0 Å². The molecule has 6 rings (SSSR count). The zero-order chi connectivity index (χ0) is 18.4. The monoisotopic (exact) mass is 386 g/mol. The topological polar surface area (TPSA) is 32.8 Å². The Bertz CT molecular complexity index is 682. The van der Waals surface area contributed by atoms with E-state index in [0.29, 0.717) is 35.6 Å². The zero-order valence-electron chi connectivity index (χ0n) is 16.2. The minimum atomic E-state index is 0.375. The highest BCUT2D eigenvalue weighted by Gasteiger charge is 2.54. The molecule has 5 fully saturated rings. The Labute approximate surface area is 166 Å². The highest BCUT2D eigenvalue weighted by Crippen LogP contribution is 2.47. The first-order chi connectivity index (χ1) is 13.2. The molecule has 1 amide bonds. The average molecular weight is 387 g/mol. The number of rotatable bonds is 6. The van der Waals surface area contributed by atoms with Gasteiger partial charge >= 0.3 is 0 Å². The third-order valence-corrected chi connectivity index (χ3v) is 8.29. The molecule has 2 bridgehead atoms. The lowest BCUT2D eigenvalue weighted by Crippen LogP contribution is -2.60. The molecular weight excluding hydrogens is 356 g/mol. The van der Waals surface area contributed by atoms with Crippen molar-refractivity contribution in [2.24, 2.45) is 11.8 Å². The van der Waals surface area contributed by atoms with Gasteiger partial charge in [0, 0.05) is 18.5 Å². The molecule has 4 heterocycles. The van der Waals surface area contributed by atoms with Crippen molar-refractivity contribution in [1.29, 1.82) is 0 Å². The van der Waals surface area contributed by atoms with Crippen molar-refractivity contribution in [1.82, 2.24) is 9.80 Å². The lowest BCUT2D eigenvalue weighted by atomic mass is 9.75. The van der Waals surface area contributed by atoms with Crippen LogP contribution in [-0.2, 0) is 4.79 Å². The summed E-state index contributed by atoms with van der Waals surface area (Å²) in [7, 11) is 1.71. The van der Waals surface area contributed by atoms with Gasteiger partial charge in [0.15, 0.2) is 0 Å². The fourth-order valence-electron chi connectivity index (χ4n) is 5.53. The third kappa shape index (κ3) is 3.38. The predicted octanol–water partition coefficient (Wildman–Crippen LogP) is 3.23. The highest BCUT2D eigenvalue weighted by atomic mass is 32.2. The molecule has 0 spiro atoms. The van der Waals surface area contributed by atoms with Gasteiger partial charge in [-0.1, -0.05) is 12.1 Å². The molecule has 3 atom stereocenters. The van der Waals surface area contributed by atoms with Gasteiger partial charge in [-0.25, -0.2) is 0 Å². The Kier molecular flexibility index (Phi) is 4.85. The molecule has 1 aliphatic carbocycles. The van der Waals surface area contributed by atoms with Crippen LogP contribution in [0.5, 0.6) is 5.75 Å². The van der Waals surface area contributed by atoms with Gasteiger partial charge in [0.25, 0.3) is 0 Å². The lowest BCUT2D eigenvalue weighted by Gasteiger charge is -2.51. The molecule has 0 N–H and O–H groups in total. The average Bonchev–Trinajstić information content (AvgIpc) is 3.45. The Hall–Kier alpha value is -1.20. The van der Waals surface area contributed by atoms with Crippen LogP contribution >= 0.6 is 11.8 Å². The van der Waals surface area contributed by atoms with E-state index < -0.39 is 0 Å². The minimum absolute atomic E-state index is 0.375. The summed E-state index contributed by atoms with van der Waals surface area (Å²) in [5.74, 6) is 5.14. The third-order valence-electron chi connectivity index (χ3n) is 7.13. The van der Waals surface area contributed by atoms with E-state index in [9.17, 15) is 4.79 Å². The second-order valence-corrected chi connectivity index (χ2v) is 9.77. The number of fused-ring (bicyclic) bond motifs is 2. The standard InChI is InChI=1S/C22H30N2O2S/c1-26-18-6-4-16(5-7-18)19-12-24(20(25)14-27-13-15-2-3-15)21-17-8-10-23(11-9-17)22(19)21/h4-7,15,17,19,21-22H,2-3,8-14H2,1H3/t19-,21+,22+/m0/s1. The van der Waals surface area contributed by atoms with E-state index in [1.54, 1.807) is 7.11 Å². The summed E-state index contributed by atoms with van der Waals surface area (Å²) in [5.41, 5.74) is 1.36. The van der Waals surface area contributed by atoms with Crippen molar-refractivity contribution >= 4 is 17.7 Å². The van der Waals surface area contributed by atoms with Gasteiger partial charge in [0.1, 0.15) is 5.75 Å². The summed E-state index contributed by atoms with van der Waals surface area (Å²) in [4.78, 5) is 18.1. The van der Waals surface area contributed by atoms with Gasteiger partial charge < -0.3 is 9.64 Å². The fraction of sp³-hybridized carbons (Fsp3) is 0.682. The van der Waals surface area contributed by atoms with Gasteiger partial charge in [-0.15, -0.1) is 0 Å². The summed E-state index contributed by atoms with van der Waals surface area (Å²) in [6.07, 6.45) is 5.25. The van der Waals surface area contributed by atoms with Crippen molar-refractivity contribution in [3.8, 4) is 5.75 Å². The van der Waals surface area contributed by atoms with Crippen molar-refractivity contribution in [3.05, 3.63) is 29.8 Å². The fourth-order valence-corrected chi connectivity index (χ4v) is 6.65. The Morgan fingerprint density at radius 3 is 2.52 bits per heavy atom. The Morgan fingerprint density at radius 2 is 1.85 bits per heavy atom. The highest BCUT2D eigenvalue weighted by molar-refractivity contribution is 7.99. The summed E-state index contributed by atoms with van der Waals surface area (Å²) in [6.45, 7) is 3.30. The molecular formula is C22H30N2O2S. The molecule has 0 aromatic heterocycles. The van der Waals surface area contributed by atoms with Crippen LogP contribution in [0.3, 0.4) is 0 Å².